The van der Waals surface area contributed by atoms with Crippen LogP contribution in [0.1, 0.15) is 11.1 Å². The zero-order chi connectivity index (χ0) is 8.10. The molecule has 0 bridgehead atoms. The van der Waals surface area contributed by atoms with Gasteiger partial charge in [0.15, 0.2) is 0 Å². The third-order valence-electron chi connectivity index (χ3n) is 1.59. The fourth-order valence-corrected chi connectivity index (χ4v) is 1.42. The Hall–Kier alpha value is -0.235. The molecule has 0 atom stereocenters. The largest absolute Gasteiger partial charge is 0.111 e. The van der Waals surface area contributed by atoms with Crippen LogP contribution < -0.4 is 0 Å². The van der Waals surface area contributed by atoms with Crippen molar-refractivity contribution in [2.24, 2.45) is 0 Å². The van der Waals surface area contributed by atoms with Gasteiger partial charge in [-0.15, -0.1) is 0 Å². The molecule has 1 aromatic carbocycles. The highest BCUT2D eigenvalue weighted by atomic mass is 79.9. The summed E-state index contributed by atoms with van der Waals surface area (Å²) < 4.78 is 0. The van der Waals surface area contributed by atoms with Crippen LogP contribution in [-0.4, -0.2) is 7.28 Å². The lowest BCUT2D eigenvalue weighted by molar-refractivity contribution is 1.32. The van der Waals surface area contributed by atoms with E-state index in [9.17, 15) is 0 Å². The molecule has 2 heteroatoms. The van der Waals surface area contributed by atoms with Crippen LogP contribution in [-0.2, 0) is 11.7 Å². The summed E-state index contributed by atoms with van der Waals surface area (Å²) in [6, 6.07) is 8.63. The molecule has 0 heterocycles. The highest BCUT2D eigenvalue weighted by Crippen LogP contribution is 2.08. The fourth-order valence-electron chi connectivity index (χ4n) is 1.08. The number of benzene rings is 1. The standard InChI is InChI=1S/C9H11BBr/c1-10-6-8-3-2-4-9(5-8)7-11/h2-5H,6-7H2,1H3. The summed E-state index contributed by atoms with van der Waals surface area (Å²) in [5, 5.41) is 0.949. The summed E-state index contributed by atoms with van der Waals surface area (Å²) in [7, 11) is 2.17. The Bertz CT molecular complexity index is 223. The quantitative estimate of drug-likeness (QED) is 0.531. The molecular weight excluding hydrogens is 199 g/mol. The Morgan fingerprint density at radius 2 is 2.09 bits per heavy atom. The van der Waals surface area contributed by atoms with Crippen molar-refractivity contribution >= 4 is 23.2 Å². The second kappa shape index (κ2) is 4.60. The van der Waals surface area contributed by atoms with Crippen molar-refractivity contribution in [3.63, 3.8) is 0 Å². The lowest BCUT2D eigenvalue weighted by atomic mass is 9.75. The molecule has 0 aliphatic heterocycles. The van der Waals surface area contributed by atoms with Gasteiger partial charge in [0.1, 0.15) is 7.28 Å². The molecule has 57 valence electrons. The maximum atomic E-state index is 3.43. The van der Waals surface area contributed by atoms with Gasteiger partial charge in [0.25, 0.3) is 0 Å². The molecule has 0 aliphatic carbocycles. The number of alkyl halides is 1. The van der Waals surface area contributed by atoms with Crippen molar-refractivity contribution in [2.45, 2.75) is 18.5 Å². The van der Waals surface area contributed by atoms with E-state index in [2.05, 4.69) is 54.3 Å². The van der Waals surface area contributed by atoms with Crippen LogP contribution in [0.3, 0.4) is 0 Å². The first-order valence-corrected chi connectivity index (χ1v) is 4.90. The Labute approximate surface area is 77.4 Å². The molecule has 0 amide bonds. The Balaban J connectivity index is 2.74. The summed E-state index contributed by atoms with van der Waals surface area (Å²) in [6.07, 6.45) is 1.07. The van der Waals surface area contributed by atoms with Crippen LogP contribution >= 0.6 is 15.9 Å². The molecule has 1 radical (unpaired) electrons. The van der Waals surface area contributed by atoms with Gasteiger partial charge in [0.2, 0.25) is 0 Å². The van der Waals surface area contributed by atoms with E-state index < -0.39 is 0 Å². The SMILES string of the molecule is C[B]Cc1cccc(CBr)c1. The molecule has 0 fully saturated rings. The van der Waals surface area contributed by atoms with Crippen molar-refractivity contribution in [2.75, 3.05) is 0 Å². The first kappa shape index (κ1) is 8.86. The van der Waals surface area contributed by atoms with E-state index in [0.29, 0.717) is 0 Å². The summed E-state index contributed by atoms with van der Waals surface area (Å²) in [5.41, 5.74) is 2.74. The minimum absolute atomic E-state index is 0.949. The normalized spacial score (nSPS) is 9.64. The van der Waals surface area contributed by atoms with Gasteiger partial charge in [-0.1, -0.05) is 58.9 Å². The summed E-state index contributed by atoms with van der Waals surface area (Å²) in [5.74, 6) is 0. The Kier molecular flexibility index (Phi) is 3.71. The average Bonchev–Trinajstić information content (AvgIpc) is 2.06. The predicted molar refractivity (Wildman–Crippen MR) is 54.4 cm³/mol. The maximum Gasteiger partial charge on any atom is 0.111 e. The second-order valence-corrected chi connectivity index (χ2v) is 3.13. The van der Waals surface area contributed by atoms with Gasteiger partial charge >= 0.3 is 0 Å². The van der Waals surface area contributed by atoms with Crippen molar-refractivity contribution in [3.05, 3.63) is 35.4 Å². The fraction of sp³-hybridized carbons (Fsp3) is 0.333. The topological polar surface area (TPSA) is 0 Å². The van der Waals surface area contributed by atoms with Gasteiger partial charge in [-0.2, -0.15) is 0 Å². The van der Waals surface area contributed by atoms with E-state index in [1.165, 1.54) is 11.1 Å². The Morgan fingerprint density at radius 1 is 1.36 bits per heavy atom. The Morgan fingerprint density at radius 3 is 2.73 bits per heavy atom. The van der Waals surface area contributed by atoms with Crippen molar-refractivity contribution in [1.29, 1.82) is 0 Å². The number of rotatable bonds is 3. The van der Waals surface area contributed by atoms with Gasteiger partial charge in [0, 0.05) is 5.33 Å². The molecule has 0 aromatic heterocycles. The van der Waals surface area contributed by atoms with E-state index in [1.807, 2.05) is 0 Å². The van der Waals surface area contributed by atoms with E-state index in [4.69, 9.17) is 0 Å². The smallest absolute Gasteiger partial charge is 0.0917 e. The predicted octanol–water partition coefficient (Wildman–Crippen LogP) is 2.83. The van der Waals surface area contributed by atoms with Crippen LogP contribution in [0.15, 0.2) is 24.3 Å². The lowest BCUT2D eigenvalue weighted by Crippen LogP contribution is -1.91. The van der Waals surface area contributed by atoms with Gasteiger partial charge in [-0.3, -0.25) is 0 Å². The number of hydrogen-bond acceptors (Lipinski definition) is 0. The molecule has 0 nitrogen and oxygen atoms in total. The van der Waals surface area contributed by atoms with Crippen LogP contribution in [0.4, 0.5) is 0 Å². The third-order valence-corrected chi connectivity index (χ3v) is 2.23. The first-order valence-electron chi connectivity index (χ1n) is 3.78. The van der Waals surface area contributed by atoms with Crippen molar-refractivity contribution < 1.29 is 0 Å². The van der Waals surface area contributed by atoms with E-state index >= 15 is 0 Å². The van der Waals surface area contributed by atoms with Crippen LogP contribution in [0.2, 0.25) is 6.82 Å². The zero-order valence-electron chi connectivity index (χ0n) is 6.68. The van der Waals surface area contributed by atoms with Crippen LogP contribution in [0.5, 0.6) is 0 Å². The van der Waals surface area contributed by atoms with Gasteiger partial charge in [-0.25, -0.2) is 0 Å². The summed E-state index contributed by atoms with van der Waals surface area (Å²) in [6.45, 7) is 2.08. The molecule has 1 rings (SSSR count). The van der Waals surface area contributed by atoms with Gasteiger partial charge in [0.05, 0.1) is 0 Å². The zero-order valence-corrected chi connectivity index (χ0v) is 8.26. The highest BCUT2D eigenvalue weighted by molar-refractivity contribution is 9.08. The number of halogens is 1. The lowest BCUT2D eigenvalue weighted by Gasteiger charge is -1.99. The maximum absolute atomic E-state index is 3.43. The van der Waals surface area contributed by atoms with Crippen LogP contribution in [0.25, 0.3) is 0 Å². The molecular formula is C9H11BBr. The molecule has 0 unspecified atom stereocenters. The molecule has 0 aliphatic rings. The number of hydrogen-bond donors (Lipinski definition) is 0. The second-order valence-electron chi connectivity index (χ2n) is 2.57. The minimum atomic E-state index is 0.949. The summed E-state index contributed by atoms with van der Waals surface area (Å²) in [4.78, 5) is 0. The third kappa shape index (κ3) is 2.70. The van der Waals surface area contributed by atoms with Crippen LogP contribution in [0, 0.1) is 0 Å². The van der Waals surface area contributed by atoms with E-state index in [1.54, 1.807) is 0 Å². The molecule has 0 N–H and O–H groups in total. The van der Waals surface area contributed by atoms with E-state index in [0.717, 1.165) is 11.7 Å². The van der Waals surface area contributed by atoms with Crippen molar-refractivity contribution in [1.82, 2.24) is 0 Å². The molecule has 0 saturated heterocycles. The highest BCUT2D eigenvalue weighted by Gasteiger charge is 1.92. The monoisotopic (exact) mass is 209 g/mol. The van der Waals surface area contributed by atoms with E-state index in [-0.39, 0.29) is 0 Å². The van der Waals surface area contributed by atoms with Gasteiger partial charge < -0.3 is 0 Å². The summed E-state index contributed by atoms with van der Waals surface area (Å²) >= 11 is 3.43. The van der Waals surface area contributed by atoms with Gasteiger partial charge in [-0.05, 0) is 5.56 Å². The minimum Gasteiger partial charge on any atom is -0.0917 e. The average molecular weight is 210 g/mol. The molecule has 0 saturated carbocycles. The molecule has 11 heavy (non-hydrogen) atoms. The first-order chi connectivity index (χ1) is 5.36. The van der Waals surface area contributed by atoms with Crippen molar-refractivity contribution in [3.8, 4) is 0 Å². The molecule has 0 spiro atoms. The molecule has 1 aromatic rings.